The molecule has 148 valence electrons. The van der Waals surface area contributed by atoms with Crippen LogP contribution in [0.5, 0.6) is 0 Å². The fourth-order valence-electron chi connectivity index (χ4n) is 2.62. The number of nitrogens with one attached hydrogen (secondary N) is 2. The average molecular weight is 531 g/mol. The SMILES string of the molecule is O=C(NC(=S)Nc1ccc(S(=O)(=O)N2CCOCC2)cc1)c1ccccc1I. The monoisotopic (exact) mass is 531 g/mol. The molecule has 0 spiro atoms. The third-order valence-corrected chi connectivity index (χ3v) is 7.12. The van der Waals surface area contributed by atoms with Crippen LogP contribution in [0.1, 0.15) is 10.4 Å². The maximum atomic E-state index is 12.6. The van der Waals surface area contributed by atoms with Crippen molar-refractivity contribution in [3.05, 3.63) is 57.7 Å². The number of nitrogens with zero attached hydrogens (tertiary/aromatic N) is 1. The zero-order valence-corrected chi connectivity index (χ0v) is 18.5. The number of ether oxygens (including phenoxy) is 1. The van der Waals surface area contributed by atoms with E-state index >= 15 is 0 Å². The first-order valence-electron chi connectivity index (χ1n) is 8.43. The molecule has 1 heterocycles. The minimum Gasteiger partial charge on any atom is -0.379 e. The van der Waals surface area contributed by atoms with Crippen LogP contribution in [-0.4, -0.2) is 50.0 Å². The first-order valence-corrected chi connectivity index (χ1v) is 11.4. The van der Waals surface area contributed by atoms with Gasteiger partial charge in [-0.2, -0.15) is 4.31 Å². The molecule has 1 aliphatic rings. The second-order valence-electron chi connectivity index (χ2n) is 5.93. The van der Waals surface area contributed by atoms with E-state index < -0.39 is 10.0 Å². The van der Waals surface area contributed by atoms with E-state index in [9.17, 15) is 13.2 Å². The van der Waals surface area contributed by atoms with Crippen LogP contribution in [0.4, 0.5) is 5.69 Å². The Morgan fingerprint density at radius 3 is 2.36 bits per heavy atom. The minimum absolute atomic E-state index is 0.133. The Morgan fingerprint density at radius 1 is 1.07 bits per heavy atom. The van der Waals surface area contributed by atoms with E-state index in [1.54, 1.807) is 24.3 Å². The molecule has 1 fully saturated rings. The van der Waals surface area contributed by atoms with Gasteiger partial charge in [0.15, 0.2) is 5.11 Å². The van der Waals surface area contributed by atoms with Gasteiger partial charge in [-0.3, -0.25) is 10.1 Å². The number of hydrogen-bond donors (Lipinski definition) is 2. The fourth-order valence-corrected chi connectivity index (χ4v) is 4.88. The number of benzene rings is 2. The number of thiocarbonyl (C=S) groups is 1. The molecule has 3 rings (SSSR count). The van der Waals surface area contributed by atoms with Gasteiger partial charge in [0.1, 0.15) is 0 Å². The molecule has 0 atom stereocenters. The van der Waals surface area contributed by atoms with E-state index in [-0.39, 0.29) is 15.9 Å². The van der Waals surface area contributed by atoms with Crippen LogP contribution in [0, 0.1) is 3.57 Å². The molecule has 0 bridgehead atoms. The molecule has 7 nitrogen and oxygen atoms in total. The number of rotatable bonds is 4. The Labute approximate surface area is 182 Å². The van der Waals surface area contributed by atoms with Crippen molar-refractivity contribution in [3.8, 4) is 0 Å². The number of amides is 1. The van der Waals surface area contributed by atoms with E-state index in [0.29, 0.717) is 37.6 Å². The Balaban J connectivity index is 1.63. The van der Waals surface area contributed by atoms with Crippen molar-refractivity contribution in [2.45, 2.75) is 4.90 Å². The number of halogens is 1. The number of sulfonamides is 1. The Kier molecular flexibility index (Phi) is 6.99. The molecule has 28 heavy (non-hydrogen) atoms. The van der Waals surface area contributed by atoms with Gasteiger partial charge in [-0.05, 0) is 71.2 Å². The van der Waals surface area contributed by atoms with E-state index in [4.69, 9.17) is 17.0 Å². The van der Waals surface area contributed by atoms with Crippen molar-refractivity contribution in [1.82, 2.24) is 9.62 Å². The highest BCUT2D eigenvalue weighted by atomic mass is 127. The molecule has 0 unspecified atom stereocenters. The number of morpholine rings is 1. The van der Waals surface area contributed by atoms with Crippen LogP contribution in [0.2, 0.25) is 0 Å². The molecule has 1 saturated heterocycles. The van der Waals surface area contributed by atoms with Gasteiger partial charge in [-0.25, -0.2) is 8.42 Å². The second-order valence-corrected chi connectivity index (χ2v) is 9.44. The molecular weight excluding hydrogens is 513 g/mol. The molecular formula is C18H18IN3O4S2. The van der Waals surface area contributed by atoms with Gasteiger partial charge in [0, 0.05) is 22.3 Å². The maximum Gasteiger partial charge on any atom is 0.258 e. The summed E-state index contributed by atoms with van der Waals surface area (Å²) in [6, 6.07) is 13.4. The van der Waals surface area contributed by atoms with Crippen molar-refractivity contribution >= 4 is 61.5 Å². The summed E-state index contributed by atoms with van der Waals surface area (Å²) in [7, 11) is -3.54. The summed E-state index contributed by atoms with van der Waals surface area (Å²) in [5, 5.41) is 5.64. The molecule has 0 saturated carbocycles. The van der Waals surface area contributed by atoms with Crippen molar-refractivity contribution < 1.29 is 17.9 Å². The summed E-state index contributed by atoms with van der Waals surface area (Å²) in [4.78, 5) is 12.5. The van der Waals surface area contributed by atoms with Gasteiger partial charge in [-0.15, -0.1) is 0 Å². The fraction of sp³-hybridized carbons (Fsp3) is 0.222. The largest absolute Gasteiger partial charge is 0.379 e. The van der Waals surface area contributed by atoms with Gasteiger partial charge in [0.2, 0.25) is 10.0 Å². The summed E-state index contributed by atoms with van der Waals surface area (Å²) < 4.78 is 32.7. The van der Waals surface area contributed by atoms with Crippen molar-refractivity contribution in [1.29, 1.82) is 0 Å². The standard InChI is InChI=1S/C18H18IN3O4S2/c19-16-4-2-1-3-15(16)17(23)21-18(27)20-13-5-7-14(8-6-13)28(24,25)22-9-11-26-12-10-22/h1-8H,9-12H2,(H2,20,21,23,27). The van der Waals surface area contributed by atoms with Gasteiger partial charge in [0.25, 0.3) is 5.91 Å². The topological polar surface area (TPSA) is 87.7 Å². The van der Waals surface area contributed by atoms with Crippen molar-refractivity contribution in [2.24, 2.45) is 0 Å². The highest BCUT2D eigenvalue weighted by Gasteiger charge is 2.26. The molecule has 0 radical (unpaired) electrons. The number of hydrogen-bond acceptors (Lipinski definition) is 5. The van der Waals surface area contributed by atoms with Crippen LogP contribution in [0.15, 0.2) is 53.4 Å². The Morgan fingerprint density at radius 2 is 1.71 bits per heavy atom. The van der Waals surface area contributed by atoms with Crippen LogP contribution >= 0.6 is 34.8 Å². The van der Waals surface area contributed by atoms with Crippen molar-refractivity contribution in [2.75, 3.05) is 31.6 Å². The molecule has 0 aliphatic carbocycles. The summed E-state index contributed by atoms with van der Waals surface area (Å²) >= 11 is 7.26. The number of anilines is 1. The highest BCUT2D eigenvalue weighted by molar-refractivity contribution is 14.1. The van der Waals surface area contributed by atoms with Gasteiger partial charge < -0.3 is 10.1 Å². The van der Waals surface area contributed by atoms with E-state index in [1.807, 2.05) is 12.1 Å². The lowest BCUT2D eigenvalue weighted by Gasteiger charge is -2.26. The highest BCUT2D eigenvalue weighted by Crippen LogP contribution is 2.19. The van der Waals surface area contributed by atoms with Crippen LogP contribution in [0.25, 0.3) is 0 Å². The van der Waals surface area contributed by atoms with Crippen LogP contribution < -0.4 is 10.6 Å². The third-order valence-electron chi connectivity index (χ3n) is 4.07. The molecule has 10 heteroatoms. The third kappa shape index (κ3) is 5.06. The van der Waals surface area contributed by atoms with E-state index in [0.717, 1.165) is 3.57 Å². The Hall–Kier alpha value is -1.60. The van der Waals surface area contributed by atoms with Gasteiger partial charge in [-0.1, -0.05) is 12.1 Å². The molecule has 2 aromatic carbocycles. The molecule has 0 aromatic heterocycles. The first kappa shape index (κ1) is 21.1. The van der Waals surface area contributed by atoms with E-state index in [1.165, 1.54) is 16.4 Å². The first-order chi connectivity index (χ1) is 13.4. The normalized spacial score (nSPS) is 15.0. The quantitative estimate of drug-likeness (QED) is 0.466. The summed E-state index contributed by atoms with van der Waals surface area (Å²) in [6.45, 7) is 1.48. The predicted octanol–water partition coefficient (Wildman–Crippen LogP) is 2.44. The summed E-state index contributed by atoms with van der Waals surface area (Å²) in [5.74, 6) is -0.311. The average Bonchev–Trinajstić information content (AvgIpc) is 2.69. The lowest BCUT2D eigenvalue weighted by atomic mass is 10.2. The summed E-state index contributed by atoms with van der Waals surface area (Å²) in [6.07, 6.45) is 0. The smallest absolute Gasteiger partial charge is 0.258 e. The summed E-state index contributed by atoms with van der Waals surface area (Å²) in [5.41, 5.74) is 1.10. The zero-order chi connectivity index (χ0) is 20.1. The zero-order valence-electron chi connectivity index (χ0n) is 14.7. The molecule has 2 aromatic rings. The molecule has 1 amide bonds. The number of carbonyl (C=O) groups is 1. The number of carbonyl (C=O) groups excluding carboxylic acids is 1. The second kappa shape index (κ2) is 9.27. The maximum absolute atomic E-state index is 12.6. The molecule has 1 aliphatic heterocycles. The van der Waals surface area contributed by atoms with Gasteiger partial charge >= 0.3 is 0 Å². The van der Waals surface area contributed by atoms with Gasteiger partial charge in [0.05, 0.1) is 23.7 Å². The predicted molar refractivity (Wildman–Crippen MR) is 119 cm³/mol. The Bertz CT molecular complexity index is 975. The van der Waals surface area contributed by atoms with E-state index in [2.05, 4.69) is 33.2 Å². The lowest BCUT2D eigenvalue weighted by Crippen LogP contribution is -2.40. The molecule has 2 N–H and O–H groups in total. The van der Waals surface area contributed by atoms with Crippen LogP contribution in [0.3, 0.4) is 0 Å². The van der Waals surface area contributed by atoms with Crippen molar-refractivity contribution in [3.63, 3.8) is 0 Å². The minimum atomic E-state index is -3.54. The van der Waals surface area contributed by atoms with Crippen LogP contribution in [-0.2, 0) is 14.8 Å². The lowest BCUT2D eigenvalue weighted by molar-refractivity contribution is 0.0730.